The van der Waals surface area contributed by atoms with Crippen molar-refractivity contribution in [2.75, 3.05) is 0 Å². The Bertz CT molecular complexity index is 901. The van der Waals surface area contributed by atoms with Gasteiger partial charge < -0.3 is 0 Å². The van der Waals surface area contributed by atoms with Crippen molar-refractivity contribution in [1.29, 1.82) is 0 Å². The van der Waals surface area contributed by atoms with E-state index in [0.29, 0.717) is 17.7 Å². The van der Waals surface area contributed by atoms with Crippen LogP contribution >= 0.6 is 0 Å². The van der Waals surface area contributed by atoms with Gasteiger partial charge in [0.2, 0.25) is 0 Å². The summed E-state index contributed by atoms with van der Waals surface area (Å²) in [4.78, 5) is 15.9. The molecule has 118 valence electrons. The van der Waals surface area contributed by atoms with E-state index in [1.54, 1.807) is 6.07 Å². The number of aromatic nitrogens is 4. The maximum Gasteiger partial charge on any atom is 0.350 e. The SMILES string of the molecule is CCCn1ncn(-c2ccc(-c3cncc(F)c3)cc2F)c1=O. The van der Waals surface area contributed by atoms with Crippen LogP contribution in [0.25, 0.3) is 16.8 Å². The van der Waals surface area contributed by atoms with Crippen molar-refractivity contribution in [2.45, 2.75) is 19.9 Å². The molecular weight excluding hydrogens is 302 g/mol. The quantitative estimate of drug-likeness (QED) is 0.744. The normalized spacial score (nSPS) is 10.9. The smallest absolute Gasteiger partial charge is 0.261 e. The maximum atomic E-state index is 14.4. The van der Waals surface area contributed by atoms with Crippen molar-refractivity contribution in [1.82, 2.24) is 19.3 Å². The minimum Gasteiger partial charge on any atom is -0.261 e. The van der Waals surface area contributed by atoms with Crippen molar-refractivity contribution < 1.29 is 8.78 Å². The van der Waals surface area contributed by atoms with Crippen molar-refractivity contribution >= 4 is 0 Å². The summed E-state index contributed by atoms with van der Waals surface area (Å²) in [6.45, 7) is 2.40. The molecule has 0 saturated heterocycles. The van der Waals surface area contributed by atoms with Crippen molar-refractivity contribution in [3.05, 3.63) is 65.1 Å². The summed E-state index contributed by atoms with van der Waals surface area (Å²) in [6.07, 6.45) is 4.57. The van der Waals surface area contributed by atoms with Gasteiger partial charge in [0.1, 0.15) is 18.0 Å². The van der Waals surface area contributed by atoms with E-state index in [1.165, 1.54) is 35.4 Å². The second-order valence-electron chi connectivity index (χ2n) is 5.06. The van der Waals surface area contributed by atoms with Crippen LogP contribution in [-0.4, -0.2) is 19.3 Å². The van der Waals surface area contributed by atoms with Gasteiger partial charge >= 0.3 is 5.69 Å². The first-order valence-corrected chi connectivity index (χ1v) is 7.15. The van der Waals surface area contributed by atoms with Gasteiger partial charge in [-0.15, -0.1) is 0 Å². The topological polar surface area (TPSA) is 52.7 Å². The van der Waals surface area contributed by atoms with Crippen LogP contribution in [0.3, 0.4) is 0 Å². The molecule has 7 heteroatoms. The molecule has 0 aliphatic rings. The van der Waals surface area contributed by atoms with E-state index in [1.807, 2.05) is 6.92 Å². The molecule has 0 atom stereocenters. The third-order valence-corrected chi connectivity index (χ3v) is 3.41. The minimum absolute atomic E-state index is 0.102. The van der Waals surface area contributed by atoms with E-state index < -0.39 is 17.3 Å². The Morgan fingerprint density at radius 3 is 2.65 bits per heavy atom. The predicted molar refractivity (Wildman–Crippen MR) is 81.3 cm³/mol. The minimum atomic E-state index is -0.593. The lowest BCUT2D eigenvalue weighted by Crippen LogP contribution is -2.24. The van der Waals surface area contributed by atoms with Gasteiger partial charge in [0, 0.05) is 18.3 Å². The molecule has 3 rings (SSSR count). The Labute approximate surface area is 130 Å². The van der Waals surface area contributed by atoms with Crippen molar-refractivity contribution in [3.8, 4) is 16.8 Å². The molecule has 0 aliphatic carbocycles. The molecule has 0 bridgehead atoms. The molecule has 0 amide bonds. The van der Waals surface area contributed by atoms with Crippen LogP contribution in [0.15, 0.2) is 47.8 Å². The third-order valence-electron chi connectivity index (χ3n) is 3.41. The van der Waals surface area contributed by atoms with E-state index in [4.69, 9.17) is 0 Å². The van der Waals surface area contributed by atoms with Gasteiger partial charge in [-0.05, 0) is 30.2 Å². The number of aryl methyl sites for hydroxylation is 1. The number of nitrogens with zero attached hydrogens (tertiary/aromatic N) is 4. The standard InChI is InChI=1S/C16H14F2N4O/c1-2-5-22-16(23)21(10-20-22)15-4-3-11(7-14(15)18)12-6-13(17)9-19-8-12/h3-4,6-10H,2,5H2,1H3. The lowest BCUT2D eigenvalue weighted by atomic mass is 10.1. The Kier molecular flexibility index (Phi) is 4.01. The molecule has 0 fully saturated rings. The second kappa shape index (κ2) is 6.12. The molecule has 2 heterocycles. The summed E-state index contributed by atoms with van der Waals surface area (Å²) >= 11 is 0. The molecule has 0 N–H and O–H groups in total. The summed E-state index contributed by atoms with van der Waals surface area (Å²) in [6, 6.07) is 5.59. The second-order valence-corrected chi connectivity index (χ2v) is 5.06. The van der Waals surface area contributed by atoms with Gasteiger partial charge in [0.25, 0.3) is 0 Å². The molecule has 0 spiro atoms. The number of rotatable bonds is 4. The zero-order valence-electron chi connectivity index (χ0n) is 12.4. The Hall–Kier alpha value is -2.83. The maximum absolute atomic E-state index is 14.4. The Morgan fingerprint density at radius 2 is 1.96 bits per heavy atom. The number of hydrogen-bond acceptors (Lipinski definition) is 3. The van der Waals surface area contributed by atoms with Crippen LogP contribution in [0, 0.1) is 11.6 Å². The van der Waals surface area contributed by atoms with Crippen LogP contribution in [-0.2, 0) is 6.54 Å². The first-order valence-electron chi connectivity index (χ1n) is 7.15. The van der Waals surface area contributed by atoms with E-state index >= 15 is 0 Å². The fourth-order valence-electron chi connectivity index (χ4n) is 2.32. The van der Waals surface area contributed by atoms with Crippen molar-refractivity contribution in [3.63, 3.8) is 0 Å². The highest BCUT2D eigenvalue weighted by atomic mass is 19.1. The largest absolute Gasteiger partial charge is 0.350 e. The molecule has 0 unspecified atom stereocenters. The third kappa shape index (κ3) is 2.90. The molecule has 1 aromatic carbocycles. The summed E-state index contributed by atoms with van der Waals surface area (Å²) in [5, 5.41) is 3.96. The summed E-state index contributed by atoms with van der Waals surface area (Å²) in [7, 11) is 0. The summed E-state index contributed by atoms with van der Waals surface area (Å²) in [5.41, 5.74) is 0.646. The monoisotopic (exact) mass is 316 g/mol. The molecule has 5 nitrogen and oxygen atoms in total. The van der Waals surface area contributed by atoms with Gasteiger partial charge in [0.05, 0.1) is 11.9 Å². The molecule has 0 saturated carbocycles. The number of halogens is 2. The van der Waals surface area contributed by atoms with Gasteiger partial charge in [-0.25, -0.2) is 22.8 Å². The molecule has 23 heavy (non-hydrogen) atoms. The molecule has 2 aromatic heterocycles. The van der Waals surface area contributed by atoms with E-state index in [2.05, 4.69) is 10.1 Å². The van der Waals surface area contributed by atoms with E-state index in [9.17, 15) is 13.6 Å². The highest BCUT2D eigenvalue weighted by Gasteiger charge is 2.12. The van der Waals surface area contributed by atoms with Crippen LogP contribution < -0.4 is 5.69 Å². The zero-order valence-corrected chi connectivity index (χ0v) is 12.4. The molecule has 3 aromatic rings. The predicted octanol–water partition coefficient (Wildman–Crippen LogP) is 2.78. The van der Waals surface area contributed by atoms with Gasteiger partial charge in [-0.2, -0.15) is 5.10 Å². The average Bonchev–Trinajstić information content (AvgIpc) is 2.89. The fraction of sp³-hybridized carbons (Fsp3) is 0.188. The van der Waals surface area contributed by atoms with E-state index in [0.717, 1.165) is 17.2 Å². The lowest BCUT2D eigenvalue weighted by molar-refractivity contribution is 0.574. The first-order chi connectivity index (χ1) is 11.1. The van der Waals surface area contributed by atoms with Crippen molar-refractivity contribution in [2.24, 2.45) is 0 Å². The molecule has 0 aliphatic heterocycles. The van der Waals surface area contributed by atoms with Crippen LogP contribution in [0.5, 0.6) is 0 Å². The highest BCUT2D eigenvalue weighted by molar-refractivity contribution is 5.64. The first kappa shape index (κ1) is 15.1. The fourth-order valence-corrected chi connectivity index (χ4v) is 2.32. The van der Waals surface area contributed by atoms with E-state index in [-0.39, 0.29) is 5.69 Å². The highest BCUT2D eigenvalue weighted by Crippen LogP contribution is 2.23. The number of hydrogen-bond donors (Lipinski definition) is 0. The average molecular weight is 316 g/mol. The summed E-state index contributed by atoms with van der Waals surface area (Å²) in [5.74, 6) is -1.09. The molecular formula is C16H14F2N4O. The van der Waals surface area contributed by atoms with Crippen LogP contribution in [0.1, 0.15) is 13.3 Å². The van der Waals surface area contributed by atoms with Gasteiger partial charge in [0.15, 0.2) is 0 Å². The number of benzene rings is 1. The lowest BCUT2D eigenvalue weighted by Gasteiger charge is -2.06. The molecule has 0 radical (unpaired) electrons. The van der Waals surface area contributed by atoms with Gasteiger partial charge in [-0.1, -0.05) is 13.0 Å². The Balaban J connectivity index is 2.02. The Morgan fingerprint density at radius 1 is 1.13 bits per heavy atom. The van der Waals surface area contributed by atoms with Gasteiger partial charge in [-0.3, -0.25) is 4.98 Å². The summed E-state index contributed by atoms with van der Waals surface area (Å²) < 4.78 is 30.0. The number of pyridine rings is 1. The zero-order chi connectivity index (χ0) is 16.4. The van der Waals surface area contributed by atoms with Crippen LogP contribution in [0.4, 0.5) is 8.78 Å². The van der Waals surface area contributed by atoms with Crippen LogP contribution in [0.2, 0.25) is 0 Å².